The molecule has 98 valence electrons. The van der Waals surface area contributed by atoms with Crippen molar-refractivity contribution in [2.45, 2.75) is 0 Å². The number of nitrogens with two attached hydrogens (primary N) is 1. The van der Waals surface area contributed by atoms with Gasteiger partial charge in [-0.05, 0) is 36.4 Å². The Balaban J connectivity index is 2.30. The topological polar surface area (TPSA) is 59.2 Å². The second kappa shape index (κ2) is 5.24. The average molecular weight is 280 g/mol. The van der Waals surface area contributed by atoms with Gasteiger partial charge in [0.25, 0.3) is 5.91 Å². The zero-order valence-electron chi connectivity index (χ0n) is 10.1. The number of aromatic nitrogens is 1. The number of halogens is 2. The number of rotatable bonds is 2. The molecule has 0 spiro atoms. The first-order valence-electron chi connectivity index (χ1n) is 5.44. The molecular formula is C13H11ClFN3O. The predicted octanol–water partition coefficient (Wildman–Crippen LogP) is 2.73. The second-order valence-electron chi connectivity index (χ2n) is 3.94. The Morgan fingerprint density at radius 2 is 1.95 bits per heavy atom. The molecule has 0 bridgehead atoms. The molecule has 0 fully saturated rings. The van der Waals surface area contributed by atoms with Crippen LogP contribution in [0.15, 0.2) is 36.4 Å². The Morgan fingerprint density at radius 1 is 1.32 bits per heavy atom. The third kappa shape index (κ3) is 3.00. The van der Waals surface area contributed by atoms with E-state index in [4.69, 9.17) is 17.3 Å². The van der Waals surface area contributed by atoms with Gasteiger partial charge < -0.3 is 10.6 Å². The molecular weight excluding hydrogens is 269 g/mol. The van der Waals surface area contributed by atoms with E-state index in [-0.39, 0.29) is 22.7 Å². The highest BCUT2D eigenvalue weighted by atomic mass is 35.5. The lowest BCUT2D eigenvalue weighted by Gasteiger charge is -2.17. The predicted molar refractivity (Wildman–Crippen MR) is 72.8 cm³/mol. The second-order valence-corrected chi connectivity index (χ2v) is 4.33. The molecule has 0 saturated heterocycles. The summed E-state index contributed by atoms with van der Waals surface area (Å²) in [7, 11) is 1.58. The molecule has 0 saturated carbocycles. The maximum Gasteiger partial charge on any atom is 0.258 e. The number of anilines is 2. The molecule has 2 aromatic rings. The van der Waals surface area contributed by atoms with E-state index in [1.807, 2.05) is 0 Å². The van der Waals surface area contributed by atoms with Crippen LogP contribution in [0.4, 0.5) is 15.9 Å². The number of amides is 1. The van der Waals surface area contributed by atoms with Crippen molar-refractivity contribution in [3.8, 4) is 0 Å². The molecule has 4 nitrogen and oxygen atoms in total. The minimum Gasteiger partial charge on any atom is -0.384 e. The van der Waals surface area contributed by atoms with Crippen LogP contribution in [0.2, 0.25) is 5.15 Å². The number of nitrogens with zero attached hydrogens (tertiary/aromatic N) is 2. The van der Waals surface area contributed by atoms with Gasteiger partial charge in [-0.1, -0.05) is 11.6 Å². The number of hydrogen-bond acceptors (Lipinski definition) is 3. The van der Waals surface area contributed by atoms with Crippen LogP contribution >= 0.6 is 11.6 Å². The van der Waals surface area contributed by atoms with Gasteiger partial charge in [-0.25, -0.2) is 9.37 Å². The minimum atomic E-state index is -0.360. The van der Waals surface area contributed by atoms with E-state index in [1.54, 1.807) is 7.05 Å². The lowest BCUT2D eigenvalue weighted by atomic mass is 10.2. The first-order valence-corrected chi connectivity index (χ1v) is 5.82. The van der Waals surface area contributed by atoms with Crippen molar-refractivity contribution in [1.29, 1.82) is 0 Å². The lowest BCUT2D eigenvalue weighted by Crippen LogP contribution is -2.26. The van der Waals surface area contributed by atoms with Crippen LogP contribution in [0.5, 0.6) is 0 Å². The SMILES string of the molecule is CN(C(=O)c1cc(N)nc(Cl)c1)c1ccc(F)cc1. The van der Waals surface area contributed by atoms with Crippen LogP contribution in [0.1, 0.15) is 10.4 Å². The van der Waals surface area contributed by atoms with Crippen molar-refractivity contribution in [1.82, 2.24) is 4.98 Å². The van der Waals surface area contributed by atoms with E-state index in [1.165, 1.54) is 41.3 Å². The Kier molecular flexibility index (Phi) is 3.66. The summed E-state index contributed by atoms with van der Waals surface area (Å²) in [6, 6.07) is 8.47. The fourth-order valence-corrected chi connectivity index (χ4v) is 1.83. The van der Waals surface area contributed by atoms with Gasteiger partial charge in [-0.15, -0.1) is 0 Å². The first-order chi connectivity index (χ1) is 8.97. The normalized spacial score (nSPS) is 10.3. The Labute approximate surface area is 114 Å². The van der Waals surface area contributed by atoms with Gasteiger partial charge >= 0.3 is 0 Å². The van der Waals surface area contributed by atoms with Crippen LogP contribution < -0.4 is 10.6 Å². The summed E-state index contributed by atoms with van der Waals surface area (Å²) in [5, 5.41) is 0.149. The van der Waals surface area contributed by atoms with Gasteiger partial charge in [0.15, 0.2) is 0 Å². The van der Waals surface area contributed by atoms with Gasteiger partial charge in [-0.3, -0.25) is 4.79 Å². The van der Waals surface area contributed by atoms with Crippen LogP contribution in [0, 0.1) is 5.82 Å². The molecule has 0 aliphatic rings. The molecule has 0 aliphatic carbocycles. The van der Waals surface area contributed by atoms with Crippen molar-refractivity contribution in [2.75, 3.05) is 17.7 Å². The third-order valence-electron chi connectivity index (χ3n) is 2.58. The maximum absolute atomic E-state index is 12.8. The molecule has 1 aromatic carbocycles. The Hall–Kier alpha value is -2.14. The molecule has 0 radical (unpaired) electrons. The standard InChI is InChI=1S/C13H11ClFN3O/c1-18(10-4-2-9(15)3-5-10)13(19)8-6-11(14)17-12(16)7-8/h2-7H,1H3,(H2,16,17). The number of hydrogen-bond donors (Lipinski definition) is 1. The maximum atomic E-state index is 12.8. The van der Waals surface area contributed by atoms with Crippen molar-refractivity contribution in [3.63, 3.8) is 0 Å². The van der Waals surface area contributed by atoms with E-state index >= 15 is 0 Å². The average Bonchev–Trinajstić information content (AvgIpc) is 2.37. The van der Waals surface area contributed by atoms with Gasteiger partial charge in [0, 0.05) is 18.3 Å². The molecule has 1 aromatic heterocycles. The van der Waals surface area contributed by atoms with Crippen molar-refractivity contribution >= 4 is 29.0 Å². The molecule has 0 unspecified atom stereocenters. The van der Waals surface area contributed by atoms with E-state index < -0.39 is 0 Å². The monoisotopic (exact) mass is 279 g/mol. The van der Waals surface area contributed by atoms with Crippen LogP contribution in [-0.2, 0) is 0 Å². The fraction of sp³-hybridized carbons (Fsp3) is 0.0769. The Morgan fingerprint density at radius 3 is 2.53 bits per heavy atom. The van der Waals surface area contributed by atoms with Crippen molar-refractivity contribution in [2.24, 2.45) is 0 Å². The number of carbonyl (C=O) groups excluding carboxylic acids is 1. The summed E-state index contributed by atoms with van der Waals surface area (Å²) in [6.07, 6.45) is 0. The molecule has 0 atom stereocenters. The highest BCUT2D eigenvalue weighted by Gasteiger charge is 2.15. The summed E-state index contributed by atoms with van der Waals surface area (Å²) >= 11 is 5.75. The van der Waals surface area contributed by atoms with Gasteiger partial charge in [0.05, 0.1) is 0 Å². The minimum absolute atomic E-state index is 0.149. The molecule has 2 N–H and O–H groups in total. The van der Waals surface area contributed by atoms with E-state index in [0.717, 1.165) is 0 Å². The van der Waals surface area contributed by atoms with E-state index in [0.29, 0.717) is 11.3 Å². The molecule has 1 heterocycles. The highest BCUT2D eigenvalue weighted by Crippen LogP contribution is 2.18. The van der Waals surface area contributed by atoms with Crippen LogP contribution in [0.25, 0.3) is 0 Å². The molecule has 1 amide bonds. The van der Waals surface area contributed by atoms with Crippen LogP contribution in [-0.4, -0.2) is 17.9 Å². The summed E-state index contributed by atoms with van der Waals surface area (Å²) in [5.74, 6) is -0.494. The fourth-order valence-electron chi connectivity index (χ4n) is 1.62. The highest BCUT2D eigenvalue weighted by molar-refractivity contribution is 6.30. The number of pyridine rings is 1. The Bertz CT molecular complexity index is 596. The summed E-state index contributed by atoms with van der Waals surface area (Å²) in [4.78, 5) is 17.4. The zero-order valence-corrected chi connectivity index (χ0v) is 10.9. The van der Waals surface area contributed by atoms with Crippen molar-refractivity contribution in [3.05, 3.63) is 52.9 Å². The quantitative estimate of drug-likeness (QED) is 0.860. The van der Waals surface area contributed by atoms with E-state index in [2.05, 4.69) is 4.98 Å². The van der Waals surface area contributed by atoms with E-state index in [9.17, 15) is 9.18 Å². The molecule has 6 heteroatoms. The number of nitrogen functional groups attached to an aromatic ring is 1. The third-order valence-corrected chi connectivity index (χ3v) is 2.77. The molecule has 19 heavy (non-hydrogen) atoms. The lowest BCUT2D eigenvalue weighted by molar-refractivity contribution is 0.0993. The summed E-state index contributed by atoms with van der Waals surface area (Å²) in [6.45, 7) is 0. The zero-order chi connectivity index (χ0) is 14.0. The van der Waals surface area contributed by atoms with Crippen LogP contribution in [0.3, 0.4) is 0 Å². The van der Waals surface area contributed by atoms with Gasteiger partial charge in [0.1, 0.15) is 16.8 Å². The smallest absolute Gasteiger partial charge is 0.258 e. The number of carbonyl (C=O) groups is 1. The summed E-state index contributed by atoms with van der Waals surface area (Å²) in [5.41, 5.74) is 6.43. The molecule has 2 rings (SSSR count). The molecule has 0 aliphatic heterocycles. The van der Waals surface area contributed by atoms with Crippen molar-refractivity contribution < 1.29 is 9.18 Å². The summed E-state index contributed by atoms with van der Waals surface area (Å²) < 4.78 is 12.8. The number of benzene rings is 1. The largest absolute Gasteiger partial charge is 0.384 e. The van der Waals surface area contributed by atoms with Gasteiger partial charge in [-0.2, -0.15) is 0 Å². The first kappa shape index (κ1) is 13.3. The van der Waals surface area contributed by atoms with Gasteiger partial charge in [0.2, 0.25) is 0 Å².